The minimum absolute atomic E-state index is 0.227. The second-order valence-electron chi connectivity index (χ2n) is 8.17. The van der Waals surface area contributed by atoms with Gasteiger partial charge in [-0.25, -0.2) is 9.50 Å². The van der Waals surface area contributed by atoms with Gasteiger partial charge in [0.1, 0.15) is 6.33 Å². The molecule has 1 fully saturated rings. The monoisotopic (exact) mass is 374 g/mol. The van der Waals surface area contributed by atoms with Gasteiger partial charge in [-0.05, 0) is 67.0 Å². The quantitative estimate of drug-likeness (QED) is 0.511. The lowest BCUT2D eigenvalue weighted by Crippen LogP contribution is -2.11. The van der Waals surface area contributed by atoms with Crippen LogP contribution in [0.2, 0.25) is 0 Å². The number of benzene rings is 1. The molecule has 1 saturated heterocycles. The molecule has 0 spiro atoms. The average molecular weight is 374 g/mol. The standard InChI is InChI=1S/C23H26N4O/c1-14(2)21-18-11-16(20-6-4-5-9-28-20)7-8-19(18)26-22(21)17-10-15(3)23-24-13-25-27(23)12-17/h7-8,10-14,20,26H,4-6,9H2,1-3H3. The Balaban J connectivity index is 1.68. The van der Waals surface area contributed by atoms with Crippen molar-refractivity contribution < 1.29 is 4.74 Å². The Morgan fingerprint density at radius 3 is 2.89 bits per heavy atom. The maximum atomic E-state index is 6.03. The summed E-state index contributed by atoms with van der Waals surface area (Å²) in [4.78, 5) is 8.02. The third-order valence-electron chi connectivity index (χ3n) is 5.84. The van der Waals surface area contributed by atoms with Crippen molar-refractivity contribution in [2.75, 3.05) is 6.61 Å². The van der Waals surface area contributed by atoms with Crippen LogP contribution in [-0.2, 0) is 4.74 Å². The Hall–Kier alpha value is -2.66. The third kappa shape index (κ3) is 2.81. The van der Waals surface area contributed by atoms with Gasteiger partial charge in [0.05, 0.1) is 11.8 Å². The number of pyridine rings is 1. The zero-order valence-electron chi connectivity index (χ0n) is 16.7. The lowest BCUT2D eigenvalue weighted by molar-refractivity contribution is 0.0150. The van der Waals surface area contributed by atoms with Crippen molar-refractivity contribution in [3.05, 3.63) is 53.5 Å². The van der Waals surface area contributed by atoms with Gasteiger partial charge in [0.2, 0.25) is 0 Å². The third-order valence-corrected chi connectivity index (χ3v) is 5.84. The van der Waals surface area contributed by atoms with Crippen molar-refractivity contribution >= 4 is 16.6 Å². The molecule has 1 aliphatic heterocycles. The minimum atomic E-state index is 0.227. The first kappa shape index (κ1) is 17.4. The van der Waals surface area contributed by atoms with Crippen LogP contribution in [0.3, 0.4) is 0 Å². The second-order valence-corrected chi connectivity index (χ2v) is 8.17. The van der Waals surface area contributed by atoms with Crippen LogP contribution in [0.5, 0.6) is 0 Å². The van der Waals surface area contributed by atoms with Crippen LogP contribution < -0.4 is 0 Å². The number of nitrogens with zero attached hydrogens (tertiary/aromatic N) is 3. The zero-order chi connectivity index (χ0) is 19.3. The predicted molar refractivity (Wildman–Crippen MR) is 112 cm³/mol. The van der Waals surface area contributed by atoms with Crippen molar-refractivity contribution in [2.24, 2.45) is 0 Å². The van der Waals surface area contributed by atoms with Gasteiger partial charge >= 0.3 is 0 Å². The number of ether oxygens (including phenoxy) is 1. The van der Waals surface area contributed by atoms with Crippen LogP contribution in [0.4, 0.5) is 0 Å². The maximum absolute atomic E-state index is 6.03. The number of nitrogens with one attached hydrogen (secondary N) is 1. The van der Waals surface area contributed by atoms with Gasteiger partial charge in [-0.1, -0.05) is 19.9 Å². The summed E-state index contributed by atoms with van der Waals surface area (Å²) in [7, 11) is 0. The van der Waals surface area contributed by atoms with E-state index in [1.807, 2.05) is 4.52 Å². The average Bonchev–Trinajstić information content (AvgIpc) is 3.32. The Labute approximate surface area is 164 Å². The number of aromatic nitrogens is 4. The number of hydrogen-bond donors (Lipinski definition) is 1. The van der Waals surface area contributed by atoms with E-state index in [0.717, 1.165) is 29.8 Å². The second kappa shape index (κ2) is 6.74. The van der Waals surface area contributed by atoms with Gasteiger partial charge in [-0.15, -0.1) is 0 Å². The van der Waals surface area contributed by atoms with Crippen LogP contribution in [0, 0.1) is 6.92 Å². The molecule has 3 aromatic heterocycles. The molecule has 1 aromatic carbocycles. The van der Waals surface area contributed by atoms with E-state index in [4.69, 9.17) is 4.74 Å². The van der Waals surface area contributed by atoms with Crippen LogP contribution in [0.25, 0.3) is 27.8 Å². The summed E-state index contributed by atoms with van der Waals surface area (Å²) in [6.45, 7) is 7.48. The van der Waals surface area contributed by atoms with Crippen molar-refractivity contribution in [1.82, 2.24) is 19.6 Å². The van der Waals surface area contributed by atoms with E-state index in [-0.39, 0.29) is 6.10 Å². The first-order chi connectivity index (χ1) is 13.6. The van der Waals surface area contributed by atoms with Crippen molar-refractivity contribution in [3.8, 4) is 11.3 Å². The molecular formula is C23H26N4O. The highest BCUT2D eigenvalue weighted by molar-refractivity contribution is 5.92. The van der Waals surface area contributed by atoms with Crippen LogP contribution in [-0.4, -0.2) is 26.2 Å². The molecule has 4 heterocycles. The normalized spacial score (nSPS) is 17.8. The lowest BCUT2D eigenvalue weighted by Gasteiger charge is -2.23. The first-order valence-corrected chi connectivity index (χ1v) is 10.2. The summed E-state index contributed by atoms with van der Waals surface area (Å²) in [6, 6.07) is 8.96. The summed E-state index contributed by atoms with van der Waals surface area (Å²) in [5.41, 5.74) is 8.17. The molecule has 0 amide bonds. The van der Waals surface area contributed by atoms with Gasteiger partial charge in [0, 0.05) is 29.3 Å². The molecule has 0 bridgehead atoms. The van der Waals surface area contributed by atoms with Crippen LogP contribution in [0.15, 0.2) is 36.8 Å². The molecule has 1 atom stereocenters. The highest BCUT2D eigenvalue weighted by atomic mass is 16.5. The highest BCUT2D eigenvalue weighted by Gasteiger charge is 2.21. The molecule has 5 nitrogen and oxygen atoms in total. The number of fused-ring (bicyclic) bond motifs is 2. The zero-order valence-corrected chi connectivity index (χ0v) is 16.7. The number of hydrogen-bond acceptors (Lipinski definition) is 3. The molecule has 5 heteroatoms. The van der Waals surface area contributed by atoms with Gasteiger partial charge in [-0.3, -0.25) is 0 Å². The fraction of sp³-hybridized carbons (Fsp3) is 0.391. The largest absolute Gasteiger partial charge is 0.374 e. The molecule has 28 heavy (non-hydrogen) atoms. The number of H-pyrrole nitrogens is 1. The van der Waals surface area contributed by atoms with E-state index < -0.39 is 0 Å². The fourth-order valence-corrected chi connectivity index (χ4v) is 4.49. The summed E-state index contributed by atoms with van der Waals surface area (Å²) in [6.07, 6.45) is 7.44. The van der Waals surface area contributed by atoms with Crippen molar-refractivity contribution in [2.45, 2.75) is 52.1 Å². The molecule has 0 radical (unpaired) electrons. The summed E-state index contributed by atoms with van der Waals surface area (Å²) >= 11 is 0. The Morgan fingerprint density at radius 2 is 2.11 bits per heavy atom. The van der Waals surface area contributed by atoms with Crippen LogP contribution in [0.1, 0.15) is 61.8 Å². The minimum Gasteiger partial charge on any atom is -0.374 e. The van der Waals surface area contributed by atoms with E-state index in [2.05, 4.69) is 66.3 Å². The van der Waals surface area contributed by atoms with Crippen molar-refractivity contribution in [1.29, 1.82) is 0 Å². The summed E-state index contributed by atoms with van der Waals surface area (Å²) in [5.74, 6) is 0.401. The fourth-order valence-electron chi connectivity index (χ4n) is 4.49. The summed E-state index contributed by atoms with van der Waals surface area (Å²) < 4.78 is 7.89. The SMILES string of the molecule is Cc1cc(-c2[nH]c3ccc(C4CCCCO4)cc3c2C(C)C)cn2ncnc12. The highest BCUT2D eigenvalue weighted by Crippen LogP contribution is 2.38. The molecule has 4 aromatic rings. The number of aryl methyl sites for hydroxylation is 1. The van der Waals surface area contributed by atoms with Gasteiger partial charge in [0.15, 0.2) is 5.65 Å². The maximum Gasteiger partial charge on any atom is 0.158 e. The van der Waals surface area contributed by atoms with Gasteiger partial charge in [-0.2, -0.15) is 5.10 Å². The van der Waals surface area contributed by atoms with E-state index >= 15 is 0 Å². The number of aromatic amines is 1. The molecule has 1 aliphatic rings. The van der Waals surface area contributed by atoms with Gasteiger partial charge in [0.25, 0.3) is 0 Å². The van der Waals surface area contributed by atoms with E-state index in [1.165, 1.54) is 40.6 Å². The van der Waals surface area contributed by atoms with E-state index in [9.17, 15) is 0 Å². The lowest BCUT2D eigenvalue weighted by atomic mass is 9.94. The molecule has 144 valence electrons. The topological polar surface area (TPSA) is 55.2 Å². The van der Waals surface area contributed by atoms with Crippen molar-refractivity contribution in [3.63, 3.8) is 0 Å². The molecule has 0 saturated carbocycles. The summed E-state index contributed by atoms with van der Waals surface area (Å²) in [5, 5.41) is 5.64. The number of rotatable bonds is 3. The molecular weight excluding hydrogens is 348 g/mol. The predicted octanol–water partition coefficient (Wildman–Crippen LogP) is 5.55. The van der Waals surface area contributed by atoms with Gasteiger partial charge < -0.3 is 9.72 Å². The first-order valence-electron chi connectivity index (χ1n) is 10.2. The van der Waals surface area contributed by atoms with Crippen LogP contribution >= 0.6 is 0 Å². The molecule has 1 unspecified atom stereocenters. The molecule has 5 rings (SSSR count). The Morgan fingerprint density at radius 1 is 1.21 bits per heavy atom. The molecule has 0 aliphatic carbocycles. The van der Waals surface area contributed by atoms with E-state index in [0.29, 0.717) is 5.92 Å². The molecule has 1 N–H and O–H groups in total. The Bertz CT molecular complexity index is 1150. The Kier molecular flexibility index (Phi) is 4.20. The smallest absolute Gasteiger partial charge is 0.158 e. The van der Waals surface area contributed by atoms with E-state index in [1.54, 1.807) is 6.33 Å².